The van der Waals surface area contributed by atoms with E-state index in [0.717, 1.165) is 12.0 Å². The smallest absolute Gasteiger partial charge is 0.287 e. The Hall–Kier alpha value is -3.29. The molecule has 0 radical (unpaired) electrons. The molecule has 4 N–H and O–H groups in total. The van der Waals surface area contributed by atoms with Crippen LogP contribution in [-0.4, -0.2) is 51.5 Å². The van der Waals surface area contributed by atoms with Crippen molar-refractivity contribution in [2.24, 2.45) is 4.99 Å². The molecule has 27 heavy (non-hydrogen) atoms. The number of hydrogen-bond donors (Lipinski definition) is 4. The fraction of sp³-hybridized carbons (Fsp3) is 0.316. The Morgan fingerprint density at radius 3 is 2.48 bits per heavy atom. The Balaban J connectivity index is 1.68. The number of nitrogens with zero attached hydrogens (tertiary/aromatic N) is 1. The quantitative estimate of drug-likeness (QED) is 0.312. The number of hydrogen-bond acceptors (Lipinski definition) is 4. The summed E-state index contributed by atoms with van der Waals surface area (Å²) in [5.41, 5.74) is 1.70. The minimum absolute atomic E-state index is 0.0983. The average molecular weight is 371 g/mol. The minimum Gasteiger partial charge on any atom is -0.459 e. The van der Waals surface area contributed by atoms with E-state index in [-0.39, 0.29) is 17.6 Å². The van der Waals surface area contributed by atoms with Gasteiger partial charge in [0.05, 0.1) is 6.26 Å². The largest absolute Gasteiger partial charge is 0.459 e. The van der Waals surface area contributed by atoms with Crippen LogP contribution in [0.5, 0.6) is 0 Å². The third kappa shape index (κ3) is 6.50. The molecule has 0 bridgehead atoms. The molecule has 2 rings (SSSR count). The van der Waals surface area contributed by atoms with Gasteiger partial charge in [-0.2, -0.15) is 0 Å². The maximum atomic E-state index is 11.7. The summed E-state index contributed by atoms with van der Waals surface area (Å²) in [5.74, 6) is 0.584. The Morgan fingerprint density at radius 1 is 1.00 bits per heavy atom. The molecule has 0 aliphatic rings. The molecule has 144 valence electrons. The Morgan fingerprint density at radius 2 is 1.78 bits per heavy atom. The highest BCUT2D eigenvalue weighted by atomic mass is 16.3. The molecule has 0 aliphatic carbocycles. The van der Waals surface area contributed by atoms with Crippen LogP contribution < -0.4 is 21.3 Å². The molecule has 0 unspecified atom stereocenters. The molecule has 8 nitrogen and oxygen atoms in total. The first-order chi connectivity index (χ1) is 13.1. The van der Waals surface area contributed by atoms with Gasteiger partial charge in [-0.05, 0) is 36.2 Å². The van der Waals surface area contributed by atoms with Crippen LogP contribution in [0.3, 0.4) is 0 Å². The molecule has 0 aliphatic heterocycles. The predicted octanol–water partition coefficient (Wildman–Crippen LogP) is 0.777. The zero-order chi connectivity index (χ0) is 19.5. The van der Waals surface area contributed by atoms with Crippen LogP contribution in [0.25, 0.3) is 0 Å². The fourth-order valence-corrected chi connectivity index (χ4v) is 2.41. The SMILES string of the molecule is CN=C(NCCNC(=O)c1ccco1)NCCc1cccc(C(=O)NC)c1. The molecule has 2 aromatic rings. The highest BCUT2D eigenvalue weighted by Gasteiger charge is 2.07. The third-order valence-corrected chi connectivity index (χ3v) is 3.79. The lowest BCUT2D eigenvalue weighted by Gasteiger charge is -2.12. The van der Waals surface area contributed by atoms with Crippen LogP contribution in [0, 0.1) is 0 Å². The number of rotatable bonds is 8. The summed E-state index contributed by atoms with van der Waals surface area (Å²) in [6.45, 7) is 1.63. The van der Waals surface area contributed by atoms with Crippen molar-refractivity contribution < 1.29 is 14.0 Å². The molecule has 1 aromatic heterocycles. The van der Waals surface area contributed by atoms with Gasteiger partial charge in [0.15, 0.2) is 11.7 Å². The van der Waals surface area contributed by atoms with Crippen molar-refractivity contribution in [2.75, 3.05) is 33.7 Å². The van der Waals surface area contributed by atoms with Crippen LogP contribution >= 0.6 is 0 Å². The number of carbonyl (C=O) groups is 2. The van der Waals surface area contributed by atoms with Gasteiger partial charge in [0.1, 0.15) is 0 Å². The summed E-state index contributed by atoms with van der Waals surface area (Å²) in [6.07, 6.45) is 2.21. The van der Waals surface area contributed by atoms with E-state index in [4.69, 9.17) is 4.42 Å². The standard InChI is InChI=1S/C19H25N5O3/c1-20-17(25)15-6-3-5-14(13-15)8-9-23-19(21-2)24-11-10-22-18(26)16-7-4-12-27-16/h3-7,12-13H,8-11H2,1-2H3,(H,20,25)(H,22,26)(H2,21,23,24). The molecule has 1 heterocycles. The second-order valence-corrected chi connectivity index (χ2v) is 5.69. The van der Waals surface area contributed by atoms with Gasteiger partial charge >= 0.3 is 0 Å². The summed E-state index contributed by atoms with van der Waals surface area (Å²) in [6, 6.07) is 10.8. The van der Waals surface area contributed by atoms with Crippen molar-refractivity contribution in [3.05, 3.63) is 59.5 Å². The van der Waals surface area contributed by atoms with E-state index in [1.165, 1.54) is 6.26 Å². The monoisotopic (exact) mass is 371 g/mol. The highest BCUT2D eigenvalue weighted by Crippen LogP contribution is 2.05. The molecule has 0 spiro atoms. The number of furan rings is 1. The molecule has 0 saturated carbocycles. The van der Waals surface area contributed by atoms with Crippen molar-refractivity contribution in [3.8, 4) is 0 Å². The first-order valence-corrected chi connectivity index (χ1v) is 8.71. The second-order valence-electron chi connectivity index (χ2n) is 5.69. The van der Waals surface area contributed by atoms with Gasteiger partial charge in [0, 0.05) is 39.3 Å². The minimum atomic E-state index is -0.249. The van der Waals surface area contributed by atoms with Gasteiger partial charge in [-0.1, -0.05) is 12.1 Å². The first kappa shape index (κ1) is 20.0. The number of aliphatic imine (C=N–C) groups is 1. The van der Waals surface area contributed by atoms with Gasteiger partial charge in [-0.25, -0.2) is 0 Å². The molecular weight excluding hydrogens is 346 g/mol. The molecule has 2 amide bonds. The van der Waals surface area contributed by atoms with Crippen LogP contribution in [0.15, 0.2) is 52.1 Å². The van der Waals surface area contributed by atoms with Crippen molar-refractivity contribution in [1.29, 1.82) is 0 Å². The van der Waals surface area contributed by atoms with E-state index in [1.54, 1.807) is 32.3 Å². The zero-order valence-electron chi connectivity index (χ0n) is 15.5. The van der Waals surface area contributed by atoms with Crippen molar-refractivity contribution in [2.45, 2.75) is 6.42 Å². The van der Waals surface area contributed by atoms with E-state index in [0.29, 0.717) is 31.2 Å². The zero-order valence-corrected chi connectivity index (χ0v) is 15.5. The summed E-state index contributed by atoms with van der Waals surface area (Å²) in [7, 11) is 3.30. The van der Waals surface area contributed by atoms with Gasteiger partial charge in [0.25, 0.3) is 11.8 Å². The van der Waals surface area contributed by atoms with E-state index in [2.05, 4.69) is 26.3 Å². The lowest BCUT2D eigenvalue weighted by Crippen LogP contribution is -2.42. The molecule has 0 fully saturated rings. The number of guanidine groups is 1. The van der Waals surface area contributed by atoms with E-state index >= 15 is 0 Å². The summed E-state index contributed by atoms with van der Waals surface area (Å²) in [5, 5.41) is 11.7. The van der Waals surface area contributed by atoms with E-state index in [9.17, 15) is 9.59 Å². The highest BCUT2D eigenvalue weighted by molar-refractivity contribution is 5.94. The van der Waals surface area contributed by atoms with Crippen LogP contribution in [0.2, 0.25) is 0 Å². The maximum Gasteiger partial charge on any atom is 0.287 e. The number of benzene rings is 1. The Labute approximate surface area is 158 Å². The Kier molecular flexibility index (Phi) is 7.90. The normalized spacial score (nSPS) is 11.0. The first-order valence-electron chi connectivity index (χ1n) is 8.71. The molecule has 0 atom stereocenters. The second kappa shape index (κ2) is 10.6. The van der Waals surface area contributed by atoms with E-state index in [1.807, 2.05) is 18.2 Å². The average Bonchev–Trinajstić information content (AvgIpc) is 3.24. The number of carbonyl (C=O) groups excluding carboxylic acids is 2. The van der Waals surface area contributed by atoms with Crippen LogP contribution in [0.4, 0.5) is 0 Å². The molecule has 0 saturated heterocycles. The fourth-order valence-electron chi connectivity index (χ4n) is 2.41. The topological polar surface area (TPSA) is 108 Å². The van der Waals surface area contributed by atoms with Crippen molar-refractivity contribution >= 4 is 17.8 Å². The van der Waals surface area contributed by atoms with Gasteiger partial charge in [-0.3, -0.25) is 14.6 Å². The number of amides is 2. The van der Waals surface area contributed by atoms with Crippen LogP contribution in [-0.2, 0) is 6.42 Å². The summed E-state index contributed by atoms with van der Waals surface area (Å²) in [4.78, 5) is 27.6. The Bertz CT molecular complexity index is 771. The van der Waals surface area contributed by atoms with E-state index < -0.39 is 0 Å². The molecule has 8 heteroatoms. The molecular formula is C19H25N5O3. The van der Waals surface area contributed by atoms with Crippen molar-refractivity contribution in [3.63, 3.8) is 0 Å². The summed E-state index contributed by atoms with van der Waals surface area (Å²) < 4.78 is 5.03. The third-order valence-electron chi connectivity index (χ3n) is 3.79. The lowest BCUT2D eigenvalue weighted by molar-refractivity contribution is 0.0925. The number of nitrogens with one attached hydrogen (secondary N) is 4. The maximum absolute atomic E-state index is 11.7. The summed E-state index contributed by atoms with van der Waals surface area (Å²) >= 11 is 0. The lowest BCUT2D eigenvalue weighted by atomic mass is 10.1. The van der Waals surface area contributed by atoms with Crippen molar-refractivity contribution in [1.82, 2.24) is 21.3 Å². The molecule has 1 aromatic carbocycles. The van der Waals surface area contributed by atoms with Crippen LogP contribution in [0.1, 0.15) is 26.5 Å². The predicted molar refractivity (Wildman–Crippen MR) is 104 cm³/mol. The van der Waals surface area contributed by atoms with Gasteiger partial charge < -0.3 is 25.7 Å². The van der Waals surface area contributed by atoms with Gasteiger partial charge in [-0.15, -0.1) is 0 Å². The van der Waals surface area contributed by atoms with Gasteiger partial charge in [0.2, 0.25) is 0 Å².